The second-order valence-electron chi connectivity index (χ2n) is 7.23. The van der Waals surface area contributed by atoms with Gasteiger partial charge in [0.15, 0.2) is 11.5 Å². The lowest BCUT2D eigenvalue weighted by Gasteiger charge is -2.21. The number of aryl methyl sites for hydroxylation is 1. The Morgan fingerprint density at radius 1 is 1.28 bits per heavy atom. The summed E-state index contributed by atoms with van der Waals surface area (Å²) < 4.78 is 16.6. The van der Waals surface area contributed by atoms with Crippen molar-refractivity contribution in [2.45, 2.75) is 53.0 Å². The first-order chi connectivity index (χ1) is 13.8. The summed E-state index contributed by atoms with van der Waals surface area (Å²) in [6.07, 6.45) is 1.92. The third kappa shape index (κ3) is 5.19. The Morgan fingerprint density at radius 3 is 2.59 bits per heavy atom. The molecule has 0 aliphatic heterocycles. The van der Waals surface area contributed by atoms with Crippen molar-refractivity contribution in [1.82, 2.24) is 4.90 Å². The van der Waals surface area contributed by atoms with Crippen molar-refractivity contribution in [3.05, 3.63) is 57.1 Å². The summed E-state index contributed by atoms with van der Waals surface area (Å²) in [6.45, 7) is 8.53. The van der Waals surface area contributed by atoms with E-state index in [1.165, 1.54) is 4.90 Å². The molecule has 1 amide bonds. The number of hydrogen-bond donors (Lipinski definition) is 0. The van der Waals surface area contributed by atoms with E-state index in [4.69, 9.17) is 13.9 Å². The van der Waals surface area contributed by atoms with Crippen LogP contribution >= 0.6 is 0 Å². The summed E-state index contributed by atoms with van der Waals surface area (Å²) in [7, 11) is 3.23. The molecule has 0 aliphatic rings. The molecule has 0 N–H and O–H groups in total. The molecule has 0 radical (unpaired) electrons. The standard InChI is InChI=1S/C23H31NO5/c1-7-10-15(3)19-13-16(4)20(23(26)29-19)22(25)24(5)14-17-11-9-12-18(27-6)21(17)28-8-2/h9,11-13,15H,7-8,10,14H2,1-6H3. The van der Waals surface area contributed by atoms with Crippen LogP contribution in [0, 0.1) is 6.92 Å². The molecule has 2 rings (SSSR count). The number of benzene rings is 1. The van der Waals surface area contributed by atoms with Gasteiger partial charge in [-0.3, -0.25) is 4.79 Å². The molecule has 1 aromatic heterocycles. The molecule has 6 heteroatoms. The van der Waals surface area contributed by atoms with Gasteiger partial charge in [0, 0.05) is 25.1 Å². The number of methoxy groups -OCH3 is 1. The van der Waals surface area contributed by atoms with Crippen molar-refractivity contribution in [3.8, 4) is 11.5 Å². The molecule has 0 fully saturated rings. The van der Waals surface area contributed by atoms with Gasteiger partial charge in [0.1, 0.15) is 11.3 Å². The summed E-state index contributed by atoms with van der Waals surface area (Å²) in [5, 5.41) is 0. The number of ether oxygens (including phenoxy) is 2. The highest BCUT2D eigenvalue weighted by molar-refractivity contribution is 5.95. The quantitative estimate of drug-likeness (QED) is 0.617. The van der Waals surface area contributed by atoms with Crippen LogP contribution in [0.4, 0.5) is 0 Å². The summed E-state index contributed by atoms with van der Waals surface area (Å²) >= 11 is 0. The zero-order valence-electron chi connectivity index (χ0n) is 18.2. The Bertz CT molecular complexity index is 903. The van der Waals surface area contributed by atoms with Crippen LogP contribution in [0.1, 0.15) is 66.8 Å². The minimum absolute atomic E-state index is 0.0702. The van der Waals surface area contributed by atoms with Crippen LogP contribution in [0.3, 0.4) is 0 Å². The third-order valence-electron chi connectivity index (χ3n) is 4.91. The van der Waals surface area contributed by atoms with Gasteiger partial charge in [-0.25, -0.2) is 4.79 Å². The number of carbonyl (C=O) groups excluding carboxylic acids is 1. The summed E-state index contributed by atoms with van der Waals surface area (Å²) in [6, 6.07) is 7.34. The number of amides is 1. The molecule has 0 saturated carbocycles. The predicted octanol–water partition coefficient (Wildman–Crippen LogP) is 4.53. The molecular weight excluding hydrogens is 370 g/mol. The minimum Gasteiger partial charge on any atom is -0.493 e. The second kappa shape index (κ2) is 10.1. The molecule has 29 heavy (non-hydrogen) atoms. The fourth-order valence-corrected chi connectivity index (χ4v) is 3.38. The topological polar surface area (TPSA) is 69.0 Å². The second-order valence-corrected chi connectivity index (χ2v) is 7.23. The SMILES string of the molecule is CCCC(C)c1cc(C)c(C(=O)N(C)Cc2cccc(OC)c2OCC)c(=O)o1. The molecule has 2 aromatic rings. The van der Waals surface area contributed by atoms with Gasteiger partial charge in [0.25, 0.3) is 5.91 Å². The maximum absolute atomic E-state index is 13.0. The average molecular weight is 402 g/mol. The van der Waals surface area contributed by atoms with Crippen molar-refractivity contribution >= 4 is 5.91 Å². The monoisotopic (exact) mass is 401 g/mol. The predicted molar refractivity (Wildman–Crippen MR) is 113 cm³/mol. The highest BCUT2D eigenvalue weighted by Gasteiger charge is 2.23. The van der Waals surface area contributed by atoms with Crippen molar-refractivity contribution < 1.29 is 18.7 Å². The van der Waals surface area contributed by atoms with E-state index in [0.717, 1.165) is 18.4 Å². The van der Waals surface area contributed by atoms with Gasteiger partial charge in [-0.2, -0.15) is 0 Å². The largest absolute Gasteiger partial charge is 0.493 e. The Morgan fingerprint density at radius 2 is 2.00 bits per heavy atom. The molecular formula is C23H31NO5. The van der Waals surface area contributed by atoms with Crippen LogP contribution in [0.5, 0.6) is 11.5 Å². The molecule has 0 aliphatic carbocycles. The average Bonchev–Trinajstić information content (AvgIpc) is 2.68. The van der Waals surface area contributed by atoms with Crippen molar-refractivity contribution in [3.63, 3.8) is 0 Å². The zero-order chi connectivity index (χ0) is 21.6. The Labute approximate surface area is 172 Å². The molecule has 1 heterocycles. The van der Waals surface area contributed by atoms with Crippen LogP contribution < -0.4 is 15.1 Å². The molecule has 158 valence electrons. The Balaban J connectivity index is 2.31. The van der Waals surface area contributed by atoms with Crippen molar-refractivity contribution in [1.29, 1.82) is 0 Å². The summed E-state index contributed by atoms with van der Waals surface area (Å²) in [4.78, 5) is 27.1. The molecule has 1 unspecified atom stereocenters. The van der Waals surface area contributed by atoms with E-state index >= 15 is 0 Å². The fraction of sp³-hybridized carbons (Fsp3) is 0.478. The Hall–Kier alpha value is -2.76. The molecule has 1 atom stereocenters. The summed E-state index contributed by atoms with van der Waals surface area (Å²) in [5.41, 5.74) is 0.917. The first-order valence-corrected chi connectivity index (χ1v) is 10.0. The number of para-hydroxylation sites is 1. The maximum Gasteiger partial charge on any atom is 0.349 e. The molecule has 0 saturated heterocycles. The van der Waals surface area contributed by atoms with Crippen molar-refractivity contribution in [2.24, 2.45) is 0 Å². The van der Waals surface area contributed by atoms with E-state index in [0.29, 0.717) is 29.4 Å². The number of rotatable bonds is 9. The normalized spacial score (nSPS) is 11.8. The van der Waals surface area contributed by atoms with Gasteiger partial charge >= 0.3 is 5.63 Å². The van der Waals surface area contributed by atoms with Crippen LogP contribution in [0.15, 0.2) is 33.5 Å². The van der Waals surface area contributed by atoms with E-state index in [2.05, 4.69) is 6.92 Å². The number of hydrogen-bond acceptors (Lipinski definition) is 5. The highest BCUT2D eigenvalue weighted by Crippen LogP contribution is 2.32. The first kappa shape index (κ1) is 22.5. The van der Waals surface area contributed by atoms with Crippen LogP contribution in [0.25, 0.3) is 0 Å². The van der Waals surface area contributed by atoms with E-state index in [9.17, 15) is 9.59 Å². The molecule has 0 spiro atoms. The van der Waals surface area contributed by atoms with Crippen molar-refractivity contribution in [2.75, 3.05) is 20.8 Å². The molecule has 0 bridgehead atoms. The molecule has 1 aromatic carbocycles. The van der Waals surface area contributed by atoms with E-state index in [-0.39, 0.29) is 23.9 Å². The Kier molecular flexibility index (Phi) is 7.88. The van der Waals surface area contributed by atoms with Gasteiger partial charge in [0.2, 0.25) is 0 Å². The zero-order valence-corrected chi connectivity index (χ0v) is 18.2. The van der Waals surface area contributed by atoms with Crippen LogP contribution in [0.2, 0.25) is 0 Å². The van der Waals surface area contributed by atoms with Gasteiger partial charge in [-0.1, -0.05) is 32.4 Å². The van der Waals surface area contributed by atoms with E-state index in [1.54, 1.807) is 27.1 Å². The lowest BCUT2D eigenvalue weighted by Crippen LogP contribution is -2.31. The van der Waals surface area contributed by atoms with Crippen LogP contribution in [-0.4, -0.2) is 31.6 Å². The maximum atomic E-state index is 13.0. The lowest BCUT2D eigenvalue weighted by atomic mass is 10.0. The van der Waals surface area contributed by atoms with Crippen LogP contribution in [-0.2, 0) is 6.54 Å². The van der Waals surface area contributed by atoms with Gasteiger partial charge in [-0.15, -0.1) is 0 Å². The fourth-order valence-electron chi connectivity index (χ4n) is 3.38. The van der Waals surface area contributed by atoms with Gasteiger partial charge in [0.05, 0.1) is 13.7 Å². The first-order valence-electron chi connectivity index (χ1n) is 10.0. The smallest absolute Gasteiger partial charge is 0.349 e. The van der Waals surface area contributed by atoms with E-state index < -0.39 is 5.63 Å². The van der Waals surface area contributed by atoms with E-state index in [1.807, 2.05) is 32.0 Å². The highest BCUT2D eigenvalue weighted by atomic mass is 16.5. The summed E-state index contributed by atoms with van der Waals surface area (Å²) in [5.74, 6) is 1.59. The lowest BCUT2D eigenvalue weighted by molar-refractivity contribution is 0.0777. The number of carbonyl (C=O) groups is 1. The third-order valence-corrected chi connectivity index (χ3v) is 4.91. The van der Waals surface area contributed by atoms with Gasteiger partial charge < -0.3 is 18.8 Å². The van der Waals surface area contributed by atoms with Gasteiger partial charge in [-0.05, 0) is 38.0 Å². The minimum atomic E-state index is -0.588. The molecule has 6 nitrogen and oxygen atoms in total. The number of nitrogens with zero attached hydrogens (tertiary/aromatic N) is 1.